The molecule has 1 rings (SSSR count). The lowest BCUT2D eigenvalue weighted by atomic mass is 9.93. The first-order valence-corrected chi connectivity index (χ1v) is 9.13. The number of nitrogens with two attached hydrogens (primary N) is 1. The highest BCUT2D eigenvalue weighted by Crippen LogP contribution is 2.26. The van der Waals surface area contributed by atoms with Crippen molar-refractivity contribution in [2.24, 2.45) is 5.73 Å². The van der Waals surface area contributed by atoms with E-state index < -0.39 is 28.2 Å². The van der Waals surface area contributed by atoms with Crippen LogP contribution in [-0.4, -0.2) is 38.4 Å². The van der Waals surface area contributed by atoms with E-state index in [1.54, 1.807) is 24.3 Å². The molecule has 0 radical (unpaired) electrons. The van der Waals surface area contributed by atoms with Gasteiger partial charge in [-0.3, -0.25) is 19.7 Å². The van der Waals surface area contributed by atoms with Gasteiger partial charge in [-0.25, -0.2) is 4.79 Å². The minimum absolute atomic E-state index is 0.156. The average Bonchev–Trinajstić information content (AvgIpc) is 2.60. The Hall–Kier alpha value is -2.42. The van der Waals surface area contributed by atoms with Crippen LogP contribution in [0.3, 0.4) is 0 Å². The first kappa shape index (κ1) is 24.6. The molecule has 0 fully saturated rings. The molecule has 0 heterocycles. The van der Waals surface area contributed by atoms with Crippen LogP contribution in [0.2, 0.25) is 0 Å². The molecule has 1 aromatic carbocycles. The van der Waals surface area contributed by atoms with Crippen LogP contribution in [0.1, 0.15) is 51.0 Å². The van der Waals surface area contributed by atoms with Crippen LogP contribution in [0, 0.1) is 0 Å². The molecule has 0 aliphatic rings. The zero-order valence-electron chi connectivity index (χ0n) is 15.3. The Balaban J connectivity index is 0.000000516. The number of halogens is 1. The number of carboxylic acid groups (broad SMARTS) is 2. The summed E-state index contributed by atoms with van der Waals surface area (Å²) in [5, 5.41) is 19.4. The van der Waals surface area contributed by atoms with Gasteiger partial charge in [0.05, 0.1) is 12.8 Å². The van der Waals surface area contributed by atoms with Crippen LogP contribution in [-0.2, 0) is 14.4 Å². The molecule has 0 aliphatic carbocycles. The van der Waals surface area contributed by atoms with E-state index in [-0.39, 0.29) is 18.7 Å². The number of primary amides is 1. The molecular formula is C18H25BrN2O6. The number of carboxylic acids is 2. The summed E-state index contributed by atoms with van der Waals surface area (Å²) in [6, 6.07) is 8.03. The third-order valence-electron chi connectivity index (χ3n) is 3.88. The van der Waals surface area contributed by atoms with E-state index >= 15 is 0 Å². The lowest BCUT2D eigenvalue weighted by Crippen LogP contribution is -2.46. The van der Waals surface area contributed by atoms with Gasteiger partial charge >= 0.3 is 18.0 Å². The van der Waals surface area contributed by atoms with E-state index in [0.717, 1.165) is 5.56 Å². The van der Waals surface area contributed by atoms with E-state index in [0.29, 0.717) is 12.8 Å². The van der Waals surface area contributed by atoms with Crippen LogP contribution in [0.15, 0.2) is 30.3 Å². The summed E-state index contributed by atoms with van der Waals surface area (Å²) in [7, 11) is 0. The second kappa shape index (κ2) is 12.1. The van der Waals surface area contributed by atoms with Crippen LogP contribution >= 0.6 is 15.9 Å². The molecule has 9 heteroatoms. The zero-order valence-corrected chi connectivity index (χ0v) is 16.9. The quantitative estimate of drug-likeness (QED) is 0.453. The van der Waals surface area contributed by atoms with Crippen molar-refractivity contribution in [3.8, 4) is 0 Å². The maximum absolute atomic E-state index is 11.3. The predicted octanol–water partition coefficient (Wildman–Crippen LogP) is 2.85. The number of hydrogen-bond donors (Lipinski definition) is 4. The molecule has 0 saturated carbocycles. The number of rotatable bonds is 8. The van der Waals surface area contributed by atoms with Crippen molar-refractivity contribution in [1.82, 2.24) is 5.32 Å². The Morgan fingerprint density at radius 2 is 1.48 bits per heavy atom. The van der Waals surface area contributed by atoms with Crippen LogP contribution in [0.4, 0.5) is 4.79 Å². The molecule has 150 valence electrons. The van der Waals surface area contributed by atoms with Crippen LogP contribution < -0.4 is 11.1 Å². The number of imide groups is 1. The van der Waals surface area contributed by atoms with Gasteiger partial charge in [0.15, 0.2) is 0 Å². The fraction of sp³-hybridized carbons (Fsp3) is 0.444. The highest BCUT2D eigenvalue weighted by molar-refractivity contribution is 9.10. The summed E-state index contributed by atoms with van der Waals surface area (Å²) < 4.78 is -0.665. The van der Waals surface area contributed by atoms with Crippen molar-refractivity contribution in [1.29, 1.82) is 0 Å². The van der Waals surface area contributed by atoms with Gasteiger partial charge in [-0.05, 0) is 18.4 Å². The van der Waals surface area contributed by atoms with E-state index in [1.165, 1.54) is 0 Å². The Morgan fingerprint density at radius 3 is 1.81 bits per heavy atom. The minimum atomic E-state index is -0.981. The molecule has 0 bridgehead atoms. The number of carbonyl (C=O) groups is 4. The molecule has 0 atom stereocenters. The maximum atomic E-state index is 11.3. The highest BCUT2D eigenvalue weighted by Gasteiger charge is 2.32. The van der Waals surface area contributed by atoms with E-state index in [9.17, 15) is 19.2 Å². The van der Waals surface area contributed by atoms with Gasteiger partial charge in [0.2, 0.25) is 5.91 Å². The van der Waals surface area contributed by atoms with Gasteiger partial charge in [0.25, 0.3) is 0 Å². The second-order valence-electron chi connectivity index (χ2n) is 5.79. The summed E-state index contributed by atoms with van der Waals surface area (Å²) in [5.41, 5.74) is 5.56. The number of urea groups is 1. The largest absolute Gasteiger partial charge is 0.481 e. The second-order valence-corrected chi connectivity index (χ2v) is 7.31. The van der Waals surface area contributed by atoms with E-state index in [4.69, 9.17) is 15.9 Å². The van der Waals surface area contributed by atoms with Crippen molar-refractivity contribution in [3.63, 3.8) is 0 Å². The van der Waals surface area contributed by atoms with Gasteiger partial charge < -0.3 is 15.9 Å². The Kier molecular flexibility index (Phi) is 11.0. The third-order valence-corrected chi connectivity index (χ3v) is 5.36. The number of alkyl halides is 1. The molecule has 27 heavy (non-hydrogen) atoms. The fourth-order valence-corrected chi connectivity index (χ4v) is 2.35. The Labute approximate surface area is 166 Å². The van der Waals surface area contributed by atoms with Crippen molar-refractivity contribution in [2.75, 3.05) is 0 Å². The van der Waals surface area contributed by atoms with Crippen molar-refractivity contribution < 1.29 is 29.4 Å². The Morgan fingerprint density at radius 1 is 1.04 bits per heavy atom. The minimum Gasteiger partial charge on any atom is -0.481 e. The summed E-state index contributed by atoms with van der Waals surface area (Å²) in [6.45, 7) is 3.72. The number of aliphatic carboxylic acids is 2. The lowest BCUT2D eigenvalue weighted by Gasteiger charge is -2.21. The first-order valence-electron chi connectivity index (χ1n) is 8.34. The molecule has 0 unspecified atom stereocenters. The topological polar surface area (TPSA) is 147 Å². The Bertz CT molecular complexity index is 631. The van der Waals surface area contributed by atoms with Gasteiger partial charge in [-0.15, -0.1) is 0 Å². The van der Waals surface area contributed by atoms with Crippen molar-refractivity contribution in [3.05, 3.63) is 35.9 Å². The normalized spacial score (nSPS) is 10.5. The number of benzene rings is 1. The predicted molar refractivity (Wildman–Crippen MR) is 104 cm³/mol. The molecule has 0 aromatic heterocycles. The molecule has 3 amide bonds. The summed E-state index contributed by atoms with van der Waals surface area (Å²) in [4.78, 5) is 42.8. The third kappa shape index (κ3) is 9.74. The number of hydrogen-bond acceptors (Lipinski definition) is 4. The molecule has 0 spiro atoms. The van der Waals surface area contributed by atoms with E-state index in [2.05, 4.69) is 15.9 Å². The maximum Gasteiger partial charge on any atom is 0.318 e. The lowest BCUT2D eigenvalue weighted by molar-refractivity contribution is -0.139. The molecule has 8 nitrogen and oxygen atoms in total. The molecule has 0 aliphatic heterocycles. The molecular weight excluding hydrogens is 420 g/mol. The number of carbonyl (C=O) groups excluding carboxylic acids is 2. The van der Waals surface area contributed by atoms with Gasteiger partial charge in [-0.1, -0.05) is 60.1 Å². The zero-order chi connectivity index (χ0) is 21.0. The fourth-order valence-electron chi connectivity index (χ4n) is 2.25. The van der Waals surface area contributed by atoms with Gasteiger partial charge in [-0.2, -0.15) is 0 Å². The van der Waals surface area contributed by atoms with Crippen molar-refractivity contribution in [2.45, 2.75) is 49.8 Å². The summed E-state index contributed by atoms with van der Waals surface area (Å²) in [5.74, 6) is -2.79. The number of nitrogens with one attached hydrogen (secondary N) is 1. The smallest absolute Gasteiger partial charge is 0.318 e. The van der Waals surface area contributed by atoms with Gasteiger partial charge in [0, 0.05) is 5.92 Å². The SMILES string of the molecule is CCC(Br)(CC)C(=O)NC(N)=O.O=C(O)CC(CC(=O)O)c1ccccc1. The van der Waals surface area contributed by atoms with Gasteiger partial charge in [0.1, 0.15) is 4.32 Å². The van der Waals surface area contributed by atoms with Crippen LogP contribution in [0.25, 0.3) is 0 Å². The number of amides is 3. The van der Waals surface area contributed by atoms with Crippen LogP contribution in [0.5, 0.6) is 0 Å². The first-order chi connectivity index (χ1) is 12.6. The molecule has 5 N–H and O–H groups in total. The summed E-state index contributed by atoms with van der Waals surface area (Å²) >= 11 is 3.26. The standard InChI is InChI=1S/C11H12O4.C7H13BrN2O2/c12-10(13)6-9(7-11(14)15)8-4-2-1-3-5-8;1-3-7(8,4-2)5(11)10-6(9)12/h1-5,9H,6-7H2,(H,12,13)(H,14,15);3-4H2,1-2H3,(H3,9,10,11,12). The molecule has 1 aromatic rings. The van der Waals surface area contributed by atoms with E-state index in [1.807, 2.05) is 25.2 Å². The summed E-state index contributed by atoms with van der Waals surface area (Å²) in [6.07, 6.45) is 0.915. The average molecular weight is 445 g/mol. The monoisotopic (exact) mass is 444 g/mol. The molecule has 0 saturated heterocycles. The van der Waals surface area contributed by atoms with Crippen molar-refractivity contribution >= 4 is 39.8 Å². The highest BCUT2D eigenvalue weighted by atomic mass is 79.9.